The Morgan fingerprint density at radius 2 is 2.00 bits per heavy atom. The van der Waals surface area contributed by atoms with Gasteiger partial charge in [-0.05, 0) is 31.2 Å². The van der Waals surface area contributed by atoms with E-state index in [0.717, 1.165) is 10.8 Å². The molecule has 0 N–H and O–H groups in total. The molecule has 1 aromatic rings. The van der Waals surface area contributed by atoms with Crippen LogP contribution in [0.1, 0.15) is 32.1 Å². The summed E-state index contributed by atoms with van der Waals surface area (Å²) in [6.07, 6.45) is 8.22. The van der Waals surface area contributed by atoms with Crippen molar-refractivity contribution < 1.29 is 0 Å². The maximum atomic E-state index is 6.10. The summed E-state index contributed by atoms with van der Waals surface area (Å²) >= 11 is 15.7. The Kier molecular flexibility index (Phi) is 8.63. The molecular formula is C15H22Cl2N2S2. The molecule has 0 unspecified atom stereocenters. The van der Waals surface area contributed by atoms with Gasteiger partial charge in [0.15, 0.2) is 0 Å². The highest BCUT2D eigenvalue weighted by Gasteiger charge is 2.10. The molecule has 0 saturated carbocycles. The van der Waals surface area contributed by atoms with Crippen LogP contribution in [-0.2, 0) is 0 Å². The summed E-state index contributed by atoms with van der Waals surface area (Å²) in [4.78, 5) is 6.82. The van der Waals surface area contributed by atoms with Crippen molar-refractivity contribution in [2.45, 2.75) is 37.1 Å². The molecule has 0 bridgehead atoms. The minimum Gasteiger partial charge on any atom is -0.293 e. The van der Waals surface area contributed by atoms with Crippen molar-refractivity contribution in [3.8, 4) is 0 Å². The molecule has 2 rings (SSSR count). The van der Waals surface area contributed by atoms with Gasteiger partial charge in [0.05, 0.1) is 10.0 Å². The summed E-state index contributed by atoms with van der Waals surface area (Å²) in [5.41, 5.74) is 0. The maximum absolute atomic E-state index is 6.10. The van der Waals surface area contributed by atoms with Crippen LogP contribution in [0, 0.1) is 0 Å². The number of halogens is 2. The van der Waals surface area contributed by atoms with Gasteiger partial charge in [-0.2, -0.15) is 0 Å². The molecule has 0 atom stereocenters. The lowest BCUT2D eigenvalue weighted by molar-refractivity contribution is 0.343. The fourth-order valence-electron chi connectivity index (χ4n) is 2.27. The Morgan fingerprint density at radius 1 is 1.19 bits per heavy atom. The lowest BCUT2D eigenvalue weighted by atomic mass is 10.1. The highest BCUT2D eigenvalue weighted by molar-refractivity contribution is 7.99. The SMILES string of the molecule is Clc1cnc(SCCCCCCCN2CCSC2)c(Cl)c1. The van der Waals surface area contributed by atoms with Crippen LogP contribution in [0.15, 0.2) is 17.3 Å². The van der Waals surface area contributed by atoms with Gasteiger partial charge in [0.1, 0.15) is 5.03 Å². The first-order valence-electron chi connectivity index (χ1n) is 7.49. The van der Waals surface area contributed by atoms with Crippen LogP contribution < -0.4 is 0 Å². The van der Waals surface area contributed by atoms with Crippen LogP contribution in [-0.4, -0.2) is 40.4 Å². The predicted octanol–water partition coefficient (Wildman–Crippen LogP) is 5.44. The van der Waals surface area contributed by atoms with Gasteiger partial charge >= 0.3 is 0 Å². The Morgan fingerprint density at radius 3 is 2.76 bits per heavy atom. The molecule has 1 aromatic heterocycles. The van der Waals surface area contributed by atoms with Gasteiger partial charge in [0.25, 0.3) is 0 Å². The summed E-state index contributed by atoms with van der Waals surface area (Å²) in [7, 11) is 0. The first kappa shape index (κ1) is 17.7. The molecule has 1 saturated heterocycles. The molecule has 0 aliphatic carbocycles. The molecule has 6 heteroatoms. The van der Waals surface area contributed by atoms with E-state index in [2.05, 4.69) is 21.6 Å². The number of pyridine rings is 1. The molecule has 0 radical (unpaired) electrons. The summed E-state index contributed by atoms with van der Waals surface area (Å²) in [6.45, 7) is 2.57. The van der Waals surface area contributed by atoms with Crippen molar-refractivity contribution in [1.29, 1.82) is 0 Å². The summed E-state index contributed by atoms with van der Waals surface area (Å²) in [6, 6.07) is 1.76. The average molecular weight is 365 g/mol. The van der Waals surface area contributed by atoms with Gasteiger partial charge < -0.3 is 0 Å². The van der Waals surface area contributed by atoms with Crippen molar-refractivity contribution in [3.05, 3.63) is 22.3 Å². The lowest BCUT2D eigenvalue weighted by Crippen LogP contribution is -2.20. The highest BCUT2D eigenvalue weighted by Crippen LogP contribution is 2.27. The normalized spacial score (nSPS) is 15.7. The maximum Gasteiger partial charge on any atom is 0.115 e. The van der Waals surface area contributed by atoms with Crippen molar-refractivity contribution in [1.82, 2.24) is 9.88 Å². The molecule has 0 amide bonds. The Labute approximate surface area is 146 Å². The molecule has 2 nitrogen and oxygen atoms in total. The summed E-state index contributed by atoms with van der Waals surface area (Å²) in [5.74, 6) is 3.64. The third-order valence-corrected chi connectivity index (χ3v) is 6.17. The first-order chi connectivity index (χ1) is 10.3. The standard InChI is InChI=1S/C15H22Cl2N2S2/c16-13-10-14(17)15(18-11-13)21-8-5-3-1-2-4-6-19-7-9-20-12-19/h10-11H,1-9,12H2. The largest absolute Gasteiger partial charge is 0.293 e. The zero-order chi connectivity index (χ0) is 14.9. The predicted molar refractivity (Wildman–Crippen MR) is 97.0 cm³/mol. The Hall–Kier alpha value is 0.390. The van der Waals surface area contributed by atoms with Gasteiger partial charge in [0, 0.05) is 24.4 Å². The first-order valence-corrected chi connectivity index (χ1v) is 10.4. The number of aromatic nitrogens is 1. The van der Waals surface area contributed by atoms with E-state index >= 15 is 0 Å². The van der Waals surface area contributed by atoms with Crippen molar-refractivity contribution in [2.24, 2.45) is 0 Å². The zero-order valence-electron chi connectivity index (χ0n) is 12.2. The minimum absolute atomic E-state index is 0.598. The summed E-state index contributed by atoms with van der Waals surface area (Å²) < 4.78 is 0. The van der Waals surface area contributed by atoms with E-state index in [1.807, 2.05) is 0 Å². The number of rotatable bonds is 9. The second-order valence-corrected chi connectivity index (χ2v) is 8.21. The average Bonchev–Trinajstić information content (AvgIpc) is 2.97. The second-order valence-electron chi connectivity index (χ2n) is 5.21. The van der Waals surface area contributed by atoms with Gasteiger partial charge in [0.2, 0.25) is 0 Å². The third kappa shape index (κ3) is 7.00. The quantitative estimate of drug-likeness (QED) is 0.428. The van der Waals surface area contributed by atoms with Crippen LogP contribution in [0.4, 0.5) is 0 Å². The van der Waals surface area contributed by atoms with Crippen molar-refractivity contribution in [2.75, 3.05) is 30.5 Å². The van der Waals surface area contributed by atoms with Crippen LogP contribution >= 0.6 is 46.7 Å². The van der Waals surface area contributed by atoms with Crippen molar-refractivity contribution >= 4 is 46.7 Å². The molecule has 0 spiro atoms. The van der Waals surface area contributed by atoms with Gasteiger partial charge in [-0.3, -0.25) is 4.90 Å². The molecule has 1 fully saturated rings. The number of hydrogen-bond donors (Lipinski definition) is 0. The molecule has 2 heterocycles. The fraction of sp³-hybridized carbons (Fsp3) is 0.667. The van der Waals surface area contributed by atoms with E-state index in [0.29, 0.717) is 10.0 Å². The lowest BCUT2D eigenvalue weighted by Gasteiger charge is -2.12. The van der Waals surface area contributed by atoms with Crippen LogP contribution in [0.2, 0.25) is 10.0 Å². The van der Waals surface area contributed by atoms with E-state index < -0.39 is 0 Å². The fourth-order valence-corrected chi connectivity index (χ4v) is 4.72. The van der Waals surface area contributed by atoms with Crippen LogP contribution in [0.3, 0.4) is 0 Å². The third-order valence-electron chi connectivity index (χ3n) is 3.46. The smallest absolute Gasteiger partial charge is 0.115 e. The number of thioether (sulfide) groups is 2. The van der Waals surface area contributed by atoms with Gasteiger partial charge in [-0.15, -0.1) is 23.5 Å². The van der Waals surface area contributed by atoms with E-state index in [-0.39, 0.29) is 0 Å². The van der Waals surface area contributed by atoms with Gasteiger partial charge in [-0.25, -0.2) is 4.98 Å². The number of nitrogens with zero attached hydrogens (tertiary/aromatic N) is 2. The molecule has 0 aromatic carbocycles. The van der Waals surface area contributed by atoms with Gasteiger partial charge in [-0.1, -0.05) is 42.5 Å². The molecular weight excluding hydrogens is 343 g/mol. The highest BCUT2D eigenvalue weighted by atomic mass is 35.5. The van der Waals surface area contributed by atoms with E-state index in [4.69, 9.17) is 23.2 Å². The number of hydrogen-bond acceptors (Lipinski definition) is 4. The van der Waals surface area contributed by atoms with E-state index in [1.54, 1.807) is 24.0 Å². The summed E-state index contributed by atoms with van der Waals surface area (Å²) in [5, 5.41) is 2.16. The zero-order valence-corrected chi connectivity index (χ0v) is 15.3. The minimum atomic E-state index is 0.598. The van der Waals surface area contributed by atoms with Crippen LogP contribution in [0.5, 0.6) is 0 Å². The molecule has 21 heavy (non-hydrogen) atoms. The monoisotopic (exact) mass is 364 g/mol. The van der Waals surface area contributed by atoms with E-state index in [9.17, 15) is 0 Å². The topological polar surface area (TPSA) is 16.1 Å². The Balaban J connectivity index is 1.46. The molecule has 1 aliphatic rings. The van der Waals surface area contributed by atoms with E-state index in [1.165, 1.54) is 56.8 Å². The Bertz CT molecular complexity index is 426. The number of unbranched alkanes of at least 4 members (excludes halogenated alkanes) is 4. The second kappa shape index (κ2) is 10.2. The molecule has 1 aliphatic heterocycles. The molecule has 118 valence electrons. The van der Waals surface area contributed by atoms with Crippen LogP contribution in [0.25, 0.3) is 0 Å². The van der Waals surface area contributed by atoms with Crippen molar-refractivity contribution in [3.63, 3.8) is 0 Å².